The number of urea groups is 1. The molecular weight excluding hydrogens is 444 g/mol. The van der Waals surface area contributed by atoms with Crippen LogP contribution in [0, 0.1) is 0 Å². The van der Waals surface area contributed by atoms with Gasteiger partial charge in [-0.1, -0.05) is 47.7 Å². The first-order valence-electron chi connectivity index (χ1n) is 8.97. The molecule has 1 aliphatic heterocycles. The van der Waals surface area contributed by atoms with Crippen LogP contribution < -0.4 is 10.1 Å². The van der Waals surface area contributed by atoms with E-state index in [2.05, 4.69) is 10.4 Å². The summed E-state index contributed by atoms with van der Waals surface area (Å²) in [5.74, 6) is 0.649. The number of hydrogen-bond acceptors (Lipinski definition) is 6. The number of benzene rings is 2. The van der Waals surface area contributed by atoms with E-state index in [9.17, 15) is 10.0 Å². The molecule has 1 heterocycles. The highest BCUT2D eigenvalue weighted by Gasteiger charge is 2.50. The number of nitrogens with zero attached hydrogens (tertiary/aromatic N) is 3. The largest absolute Gasteiger partial charge is 0.496 e. The number of carbonyl (C=O) groups is 1. The number of amides is 2. The molecule has 30 heavy (non-hydrogen) atoms. The van der Waals surface area contributed by atoms with Crippen molar-refractivity contribution in [1.29, 1.82) is 0 Å². The molecule has 2 N–H and O–H groups in total. The zero-order chi connectivity index (χ0) is 21.9. The Morgan fingerprint density at radius 1 is 1.33 bits per heavy atom. The van der Waals surface area contributed by atoms with Crippen LogP contribution in [0.4, 0.5) is 10.5 Å². The number of thioether (sulfide) groups is 1. The Morgan fingerprint density at radius 3 is 2.67 bits per heavy atom. The van der Waals surface area contributed by atoms with E-state index in [0.29, 0.717) is 25.8 Å². The number of hydrazone groups is 1. The molecule has 3 rings (SSSR count). The van der Waals surface area contributed by atoms with Crippen LogP contribution in [-0.2, 0) is 0 Å². The first-order valence-corrected chi connectivity index (χ1v) is 10.6. The second-order valence-corrected chi connectivity index (χ2v) is 9.68. The van der Waals surface area contributed by atoms with Crippen LogP contribution in [0.2, 0.25) is 5.02 Å². The fourth-order valence-corrected chi connectivity index (χ4v) is 4.86. The lowest BCUT2D eigenvalue weighted by molar-refractivity contribution is -0.114. The van der Waals surface area contributed by atoms with Gasteiger partial charge in [0.1, 0.15) is 5.75 Å². The molecule has 1 aliphatic rings. The first-order chi connectivity index (χ1) is 14.2. The lowest BCUT2D eigenvalue weighted by Crippen LogP contribution is -2.54. The molecule has 1 fully saturated rings. The summed E-state index contributed by atoms with van der Waals surface area (Å²) in [7, 11) is 1.57. The molecule has 158 valence electrons. The first kappa shape index (κ1) is 22.4. The summed E-state index contributed by atoms with van der Waals surface area (Å²) in [5.41, 5.74) is 1.24. The minimum absolute atomic E-state index is 0.439. The summed E-state index contributed by atoms with van der Waals surface area (Å²) in [6.07, 6.45) is 0.763. The highest BCUT2D eigenvalue weighted by atomic mass is 35.5. The van der Waals surface area contributed by atoms with E-state index in [4.69, 9.17) is 28.6 Å². The number of para-hydroxylation sites is 1. The summed E-state index contributed by atoms with van der Waals surface area (Å²) in [4.78, 5) is 12.7. The van der Waals surface area contributed by atoms with Crippen LogP contribution in [0.25, 0.3) is 0 Å². The maximum Gasteiger partial charge on any atom is 0.347 e. The van der Waals surface area contributed by atoms with Crippen molar-refractivity contribution < 1.29 is 14.7 Å². The molecule has 2 amide bonds. The number of nitrogens with one attached hydrogen (secondary N) is 1. The standard InChI is InChI=1S/C20H21ClN4O3S2/c1-20(2)17(25(27)18(26)23-15-10-8-14(21)9-11-15)24(19(29)30-20)22-12-13-6-4-5-7-16(13)28-3/h4-12,17,27H,1-3H3,(H,23,26)/b22-12+. The Morgan fingerprint density at radius 2 is 2.00 bits per heavy atom. The number of halogens is 1. The zero-order valence-corrected chi connectivity index (χ0v) is 19.0. The van der Waals surface area contributed by atoms with Gasteiger partial charge in [0.15, 0.2) is 10.5 Å². The van der Waals surface area contributed by atoms with Crippen molar-refractivity contribution >= 4 is 57.8 Å². The van der Waals surface area contributed by atoms with Gasteiger partial charge in [0.25, 0.3) is 0 Å². The topological polar surface area (TPSA) is 77.4 Å². The fraction of sp³-hybridized carbons (Fsp3) is 0.250. The van der Waals surface area contributed by atoms with Crippen molar-refractivity contribution in [3.8, 4) is 5.75 Å². The minimum Gasteiger partial charge on any atom is -0.496 e. The van der Waals surface area contributed by atoms with Gasteiger partial charge in [-0.05, 0) is 50.2 Å². The van der Waals surface area contributed by atoms with Crippen LogP contribution in [0.15, 0.2) is 53.6 Å². The summed E-state index contributed by atoms with van der Waals surface area (Å²) >= 11 is 12.7. The lowest BCUT2D eigenvalue weighted by atomic mass is 10.1. The Labute approximate surface area is 189 Å². The van der Waals surface area contributed by atoms with Gasteiger partial charge in [-0.2, -0.15) is 10.2 Å². The summed E-state index contributed by atoms with van der Waals surface area (Å²) in [6, 6.07) is 13.3. The Kier molecular flexibility index (Phi) is 6.87. The molecule has 0 spiro atoms. The number of anilines is 1. The van der Waals surface area contributed by atoms with Crippen molar-refractivity contribution in [2.75, 3.05) is 12.4 Å². The molecule has 2 aromatic carbocycles. The minimum atomic E-state index is -0.826. The summed E-state index contributed by atoms with van der Waals surface area (Å²) in [5, 5.41) is 20.4. The highest BCUT2D eigenvalue weighted by molar-refractivity contribution is 8.24. The van der Waals surface area contributed by atoms with Gasteiger partial charge < -0.3 is 10.1 Å². The van der Waals surface area contributed by atoms with E-state index < -0.39 is 16.9 Å². The molecule has 1 atom stereocenters. The van der Waals surface area contributed by atoms with Gasteiger partial charge in [0.05, 0.1) is 18.1 Å². The fourth-order valence-electron chi connectivity index (χ4n) is 2.95. The number of rotatable bonds is 5. The predicted octanol–water partition coefficient (Wildman–Crippen LogP) is 5.04. The van der Waals surface area contributed by atoms with Crippen molar-refractivity contribution in [2.45, 2.75) is 24.8 Å². The SMILES string of the molecule is COc1ccccc1/C=N/N1C(=S)SC(C)(C)C1N(O)C(=O)Nc1ccc(Cl)cc1. The van der Waals surface area contributed by atoms with Gasteiger partial charge in [0, 0.05) is 16.3 Å². The molecule has 0 aromatic heterocycles. The number of methoxy groups -OCH3 is 1. The number of carbonyl (C=O) groups excluding carboxylic acids is 1. The number of hydroxylamine groups is 2. The van der Waals surface area contributed by atoms with Crippen LogP contribution >= 0.6 is 35.6 Å². The average molecular weight is 465 g/mol. The third-order valence-corrected chi connectivity index (χ3v) is 6.17. The third-order valence-electron chi connectivity index (χ3n) is 4.39. The number of ether oxygens (including phenoxy) is 1. The van der Waals surface area contributed by atoms with Gasteiger partial charge in [-0.25, -0.2) is 9.80 Å². The summed E-state index contributed by atoms with van der Waals surface area (Å²) in [6.45, 7) is 3.76. The second-order valence-electron chi connectivity index (χ2n) is 6.96. The smallest absolute Gasteiger partial charge is 0.347 e. The lowest BCUT2D eigenvalue weighted by Gasteiger charge is -2.34. The van der Waals surface area contributed by atoms with E-state index in [1.807, 2.05) is 38.1 Å². The molecule has 0 bridgehead atoms. The van der Waals surface area contributed by atoms with Crippen molar-refractivity contribution in [3.63, 3.8) is 0 Å². The molecule has 0 radical (unpaired) electrons. The maximum atomic E-state index is 12.7. The predicted molar refractivity (Wildman–Crippen MR) is 125 cm³/mol. The maximum absolute atomic E-state index is 12.7. The van der Waals surface area contributed by atoms with E-state index >= 15 is 0 Å². The quantitative estimate of drug-likeness (QED) is 0.279. The van der Waals surface area contributed by atoms with Crippen LogP contribution in [0.3, 0.4) is 0 Å². The number of hydrogen-bond donors (Lipinski definition) is 2. The van der Waals surface area contributed by atoms with E-state index in [1.165, 1.54) is 16.8 Å². The average Bonchev–Trinajstić information content (AvgIpc) is 2.95. The molecule has 10 heteroatoms. The molecule has 2 aromatic rings. The van der Waals surface area contributed by atoms with Gasteiger partial charge in [0.2, 0.25) is 0 Å². The van der Waals surface area contributed by atoms with E-state index in [0.717, 1.165) is 5.56 Å². The van der Waals surface area contributed by atoms with E-state index in [-0.39, 0.29) is 0 Å². The monoisotopic (exact) mass is 464 g/mol. The Bertz CT molecular complexity index is 969. The Hall–Kier alpha value is -2.33. The molecule has 0 saturated carbocycles. The van der Waals surface area contributed by atoms with Crippen LogP contribution in [0.1, 0.15) is 19.4 Å². The third kappa shape index (κ3) is 4.86. The number of thiocarbonyl (C=S) groups is 1. The van der Waals surface area contributed by atoms with Crippen molar-refractivity contribution in [1.82, 2.24) is 10.1 Å². The van der Waals surface area contributed by atoms with Crippen LogP contribution in [0.5, 0.6) is 5.75 Å². The molecular formula is C20H21ClN4O3S2. The zero-order valence-electron chi connectivity index (χ0n) is 16.6. The van der Waals surface area contributed by atoms with Crippen molar-refractivity contribution in [3.05, 3.63) is 59.1 Å². The second kappa shape index (κ2) is 9.22. The summed E-state index contributed by atoms with van der Waals surface area (Å²) < 4.78 is 5.16. The van der Waals surface area contributed by atoms with Gasteiger partial charge in [-0.15, -0.1) is 0 Å². The van der Waals surface area contributed by atoms with Gasteiger partial charge >= 0.3 is 6.03 Å². The molecule has 7 nitrogen and oxygen atoms in total. The highest BCUT2D eigenvalue weighted by Crippen LogP contribution is 2.42. The molecule has 0 aliphatic carbocycles. The van der Waals surface area contributed by atoms with Crippen molar-refractivity contribution in [2.24, 2.45) is 5.10 Å². The Balaban J connectivity index is 1.83. The molecule has 1 unspecified atom stereocenters. The molecule has 1 saturated heterocycles. The normalized spacial score (nSPS) is 18.0. The van der Waals surface area contributed by atoms with Crippen LogP contribution in [-0.4, -0.2) is 49.9 Å². The van der Waals surface area contributed by atoms with E-state index in [1.54, 1.807) is 37.6 Å². The van der Waals surface area contributed by atoms with Gasteiger partial charge in [-0.3, -0.25) is 5.21 Å².